The first-order chi connectivity index (χ1) is 8.58. The highest BCUT2D eigenvalue weighted by molar-refractivity contribution is 5.93. The Morgan fingerprint density at radius 1 is 1.39 bits per heavy atom. The number of nitro benzene ring substituents is 1. The van der Waals surface area contributed by atoms with Crippen LogP contribution in [0.25, 0.3) is 0 Å². The maximum Gasteiger partial charge on any atom is 0.342 e. The molecular weight excluding hydrogens is 236 g/mol. The topological polar surface area (TPSA) is 92.5 Å². The molecule has 1 aromatic rings. The van der Waals surface area contributed by atoms with Crippen LogP contribution in [0.15, 0.2) is 18.2 Å². The van der Waals surface area contributed by atoms with Crippen LogP contribution < -0.4 is 5.32 Å². The van der Waals surface area contributed by atoms with Gasteiger partial charge in [-0.15, -0.1) is 0 Å². The molecule has 1 aliphatic carbocycles. The zero-order chi connectivity index (χ0) is 13.1. The van der Waals surface area contributed by atoms with Gasteiger partial charge in [0, 0.05) is 17.8 Å². The second-order valence-corrected chi connectivity index (χ2v) is 4.42. The van der Waals surface area contributed by atoms with E-state index < -0.39 is 10.9 Å². The summed E-state index contributed by atoms with van der Waals surface area (Å²) in [4.78, 5) is 21.0. The number of aromatic carboxylic acids is 1. The summed E-state index contributed by atoms with van der Waals surface area (Å²) in [5.74, 6) is -1.28. The molecule has 6 heteroatoms. The fraction of sp³-hybridized carbons (Fsp3) is 0.417. The third kappa shape index (κ3) is 2.58. The van der Waals surface area contributed by atoms with Gasteiger partial charge in [0.25, 0.3) is 5.69 Å². The Kier molecular flexibility index (Phi) is 3.45. The monoisotopic (exact) mass is 250 g/mol. The molecule has 0 atom stereocenters. The van der Waals surface area contributed by atoms with Crippen LogP contribution in [0.4, 0.5) is 11.4 Å². The molecule has 1 saturated carbocycles. The highest BCUT2D eigenvalue weighted by atomic mass is 16.6. The Morgan fingerprint density at radius 3 is 2.61 bits per heavy atom. The highest BCUT2D eigenvalue weighted by Crippen LogP contribution is 2.26. The van der Waals surface area contributed by atoms with Crippen LogP contribution in [-0.2, 0) is 0 Å². The molecule has 0 aliphatic heterocycles. The minimum Gasteiger partial charge on any atom is -0.477 e. The van der Waals surface area contributed by atoms with E-state index >= 15 is 0 Å². The van der Waals surface area contributed by atoms with Crippen molar-refractivity contribution in [1.82, 2.24) is 0 Å². The lowest BCUT2D eigenvalue weighted by atomic mass is 10.1. The normalized spacial score (nSPS) is 15.6. The van der Waals surface area contributed by atoms with Crippen molar-refractivity contribution in [3.8, 4) is 0 Å². The van der Waals surface area contributed by atoms with E-state index in [1.165, 1.54) is 12.1 Å². The van der Waals surface area contributed by atoms with Crippen LogP contribution in [0.5, 0.6) is 0 Å². The van der Waals surface area contributed by atoms with Crippen molar-refractivity contribution in [3.05, 3.63) is 33.9 Å². The lowest BCUT2D eigenvalue weighted by molar-refractivity contribution is -0.385. The number of anilines is 1. The number of carboxylic acids is 1. The van der Waals surface area contributed by atoms with Gasteiger partial charge in [0.2, 0.25) is 0 Å². The van der Waals surface area contributed by atoms with E-state index in [9.17, 15) is 14.9 Å². The zero-order valence-corrected chi connectivity index (χ0v) is 9.76. The molecule has 18 heavy (non-hydrogen) atoms. The van der Waals surface area contributed by atoms with Gasteiger partial charge < -0.3 is 10.4 Å². The van der Waals surface area contributed by atoms with Crippen molar-refractivity contribution < 1.29 is 14.8 Å². The molecule has 0 bridgehead atoms. The van der Waals surface area contributed by atoms with Gasteiger partial charge in [-0.05, 0) is 25.0 Å². The van der Waals surface area contributed by atoms with Gasteiger partial charge in [0.1, 0.15) is 5.56 Å². The van der Waals surface area contributed by atoms with E-state index in [0.29, 0.717) is 11.7 Å². The number of carboxylic acid groups (broad SMARTS) is 1. The van der Waals surface area contributed by atoms with Gasteiger partial charge in [-0.1, -0.05) is 12.8 Å². The highest BCUT2D eigenvalue weighted by Gasteiger charge is 2.21. The van der Waals surface area contributed by atoms with Gasteiger partial charge in [-0.2, -0.15) is 0 Å². The number of nitrogens with one attached hydrogen (secondary N) is 1. The van der Waals surface area contributed by atoms with Gasteiger partial charge in [-0.3, -0.25) is 10.1 Å². The summed E-state index contributed by atoms with van der Waals surface area (Å²) >= 11 is 0. The molecule has 2 N–H and O–H groups in total. The summed E-state index contributed by atoms with van der Waals surface area (Å²) in [6.45, 7) is 0. The third-order valence-corrected chi connectivity index (χ3v) is 3.15. The van der Waals surface area contributed by atoms with E-state index in [2.05, 4.69) is 5.32 Å². The molecule has 96 valence electrons. The molecule has 0 heterocycles. The largest absolute Gasteiger partial charge is 0.477 e. The number of benzene rings is 1. The first-order valence-electron chi connectivity index (χ1n) is 5.86. The molecule has 2 rings (SSSR count). The fourth-order valence-corrected chi connectivity index (χ4v) is 2.26. The maximum absolute atomic E-state index is 11.0. The van der Waals surface area contributed by atoms with Crippen LogP contribution in [0.1, 0.15) is 36.0 Å². The minimum absolute atomic E-state index is 0.275. The van der Waals surface area contributed by atoms with Crippen LogP contribution >= 0.6 is 0 Å². The fourth-order valence-electron chi connectivity index (χ4n) is 2.26. The molecule has 0 aromatic heterocycles. The lowest BCUT2D eigenvalue weighted by Crippen LogP contribution is -2.15. The van der Waals surface area contributed by atoms with Crippen LogP contribution in [0.2, 0.25) is 0 Å². The van der Waals surface area contributed by atoms with Gasteiger partial charge in [0.15, 0.2) is 0 Å². The molecule has 1 aromatic carbocycles. The standard InChI is InChI=1S/C12H14N2O4/c15-12(16)10-7-9(5-6-11(10)14(17)18)13-8-3-1-2-4-8/h5-8,13H,1-4H2,(H,15,16). The number of nitrogens with zero attached hydrogens (tertiary/aromatic N) is 1. The lowest BCUT2D eigenvalue weighted by Gasteiger charge is -2.13. The Morgan fingerprint density at radius 2 is 2.06 bits per heavy atom. The average molecular weight is 250 g/mol. The average Bonchev–Trinajstić information content (AvgIpc) is 2.81. The van der Waals surface area contributed by atoms with Crippen molar-refractivity contribution in [2.24, 2.45) is 0 Å². The van der Waals surface area contributed by atoms with Crippen molar-refractivity contribution in [2.75, 3.05) is 5.32 Å². The summed E-state index contributed by atoms with van der Waals surface area (Å²) in [6, 6.07) is 4.47. The van der Waals surface area contributed by atoms with E-state index in [0.717, 1.165) is 25.7 Å². The predicted molar refractivity (Wildman–Crippen MR) is 65.9 cm³/mol. The van der Waals surface area contributed by atoms with Crippen LogP contribution in [-0.4, -0.2) is 22.0 Å². The first-order valence-corrected chi connectivity index (χ1v) is 5.86. The zero-order valence-electron chi connectivity index (χ0n) is 9.76. The SMILES string of the molecule is O=C(O)c1cc(NC2CCCC2)ccc1[N+](=O)[O-]. The molecule has 1 fully saturated rings. The smallest absolute Gasteiger partial charge is 0.342 e. The first kappa shape index (κ1) is 12.3. The van der Waals surface area contributed by atoms with Crippen LogP contribution in [0, 0.1) is 10.1 Å². The van der Waals surface area contributed by atoms with E-state index in [4.69, 9.17) is 5.11 Å². The minimum atomic E-state index is -1.28. The summed E-state index contributed by atoms with van der Waals surface area (Å²) in [7, 11) is 0. The number of nitro groups is 1. The van der Waals surface area contributed by atoms with Gasteiger partial charge in [0.05, 0.1) is 4.92 Å². The molecule has 1 aliphatic rings. The van der Waals surface area contributed by atoms with E-state index in [-0.39, 0.29) is 11.3 Å². The Bertz CT molecular complexity index is 481. The summed E-state index contributed by atoms with van der Waals surface area (Å²) < 4.78 is 0. The second-order valence-electron chi connectivity index (χ2n) is 4.42. The van der Waals surface area contributed by atoms with E-state index in [1.54, 1.807) is 6.07 Å². The van der Waals surface area contributed by atoms with Gasteiger partial charge in [-0.25, -0.2) is 4.79 Å². The predicted octanol–water partition coefficient (Wildman–Crippen LogP) is 2.65. The van der Waals surface area contributed by atoms with Crippen molar-refractivity contribution in [2.45, 2.75) is 31.7 Å². The molecule has 0 spiro atoms. The number of carbonyl (C=O) groups is 1. The number of rotatable bonds is 4. The molecule has 0 unspecified atom stereocenters. The molecule has 0 saturated heterocycles. The Labute approximate surface area is 104 Å². The number of hydrogen-bond acceptors (Lipinski definition) is 4. The molecule has 0 radical (unpaired) electrons. The van der Waals surface area contributed by atoms with Crippen molar-refractivity contribution in [1.29, 1.82) is 0 Å². The summed E-state index contributed by atoms with van der Waals surface area (Å²) in [6.07, 6.45) is 4.44. The van der Waals surface area contributed by atoms with Crippen LogP contribution in [0.3, 0.4) is 0 Å². The number of hydrogen-bond donors (Lipinski definition) is 2. The molecule has 6 nitrogen and oxygen atoms in total. The maximum atomic E-state index is 11.0. The molecule has 0 amide bonds. The second kappa shape index (κ2) is 5.03. The quantitative estimate of drug-likeness (QED) is 0.633. The summed E-state index contributed by atoms with van der Waals surface area (Å²) in [5.41, 5.74) is -0.0210. The Balaban J connectivity index is 2.24. The van der Waals surface area contributed by atoms with E-state index in [1.807, 2.05) is 0 Å². The third-order valence-electron chi connectivity index (χ3n) is 3.15. The Hall–Kier alpha value is -2.11. The van der Waals surface area contributed by atoms with Crippen molar-refractivity contribution in [3.63, 3.8) is 0 Å². The summed E-state index contributed by atoms with van der Waals surface area (Å²) in [5, 5.41) is 22.9. The molecular formula is C12H14N2O4. The van der Waals surface area contributed by atoms with Gasteiger partial charge >= 0.3 is 5.97 Å². The van der Waals surface area contributed by atoms with Crippen molar-refractivity contribution >= 4 is 17.3 Å².